The number of hydrogen-bond donors (Lipinski definition) is 1. The molecule has 0 saturated heterocycles. The number of aromatic nitrogens is 1. The van der Waals surface area contributed by atoms with Crippen molar-refractivity contribution in [2.45, 2.75) is 25.9 Å². The molecule has 20 heavy (non-hydrogen) atoms. The fraction of sp³-hybridized carbons (Fsp3) is 0.538. The highest BCUT2D eigenvalue weighted by Gasteiger charge is 2.31. The molecule has 0 bridgehead atoms. The van der Waals surface area contributed by atoms with Gasteiger partial charge in [0.25, 0.3) is 5.91 Å². The first-order chi connectivity index (χ1) is 9.26. The third-order valence-corrected chi connectivity index (χ3v) is 2.65. The van der Waals surface area contributed by atoms with Crippen LogP contribution in [0.4, 0.5) is 19.0 Å². The number of nitrogens with zero attached hydrogens (tertiary/aromatic N) is 2. The Morgan fingerprint density at radius 1 is 1.40 bits per heavy atom. The smallest absolute Gasteiger partial charge is 0.373 e. The Kier molecular flexibility index (Phi) is 5.35. The average molecular weight is 289 g/mol. The van der Waals surface area contributed by atoms with Gasteiger partial charge in [-0.1, -0.05) is 13.3 Å². The Labute approximate surface area is 116 Å². The van der Waals surface area contributed by atoms with Crippen LogP contribution in [0.25, 0.3) is 0 Å². The molecule has 0 aliphatic heterocycles. The lowest BCUT2D eigenvalue weighted by Gasteiger charge is -2.19. The van der Waals surface area contributed by atoms with Gasteiger partial charge in [-0.25, -0.2) is 4.98 Å². The summed E-state index contributed by atoms with van der Waals surface area (Å²) in [5, 5.41) is 2.80. The molecule has 1 rings (SSSR count). The average Bonchev–Trinajstić information content (AvgIpc) is 2.35. The first-order valence-corrected chi connectivity index (χ1v) is 6.27. The van der Waals surface area contributed by atoms with E-state index in [-0.39, 0.29) is 5.56 Å². The standard InChI is InChI=1S/C13H18F3N3O/c1-4-5-10-6-9(7-11(17-2)18-10)12(20)19(3)8-13(14,15)16/h6-7H,4-5,8H2,1-3H3,(H,17,18). The number of amides is 1. The maximum absolute atomic E-state index is 12.3. The highest BCUT2D eigenvalue weighted by Crippen LogP contribution is 2.18. The van der Waals surface area contributed by atoms with E-state index in [2.05, 4.69) is 10.3 Å². The molecule has 0 fully saturated rings. The van der Waals surface area contributed by atoms with Crippen LogP contribution in [0.1, 0.15) is 29.4 Å². The van der Waals surface area contributed by atoms with Gasteiger partial charge in [0.2, 0.25) is 0 Å². The minimum atomic E-state index is -4.41. The van der Waals surface area contributed by atoms with Crippen molar-refractivity contribution in [3.63, 3.8) is 0 Å². The second-order valence-electron chi connectivity index (χ2n) is 4.51. The van der Waals surface area contributed by atoms with Gasteiger partial charge in [-0.2, -0.15) is 13.2 Å². The zero-order valence-electron chi connectivity index (χ0n) is 11.7. The largest absolute Gasteiger partial charge is 0.406 e. The van der Waals surface area contributed by atoms with E-state index in [4.69, 9.17) is 0 Å². The summed E-state index contributed by atoms with van der Waals surface area (Å²) in [5.74, 6) is -0.196. The van der Waals surface area contributed by atoms with Crippen molar-refractivity contribution in [2.75, 3.05) is 26.0 Å². The zero-order valence-corrected chi connectivity index (χ0v) is 11.7. The molecular weight excluding hydrogens is 271 g/mol. The van der Waals surface area contributed by atoms with Crippen LogP contribution >= 0.6 is 0 Å². The van der Waals surface area contributed by atoms with E-state index in [0.29, 0.717) is 22.8 Å². The highest BCUT2D eigenvalue weighted by molar-refractivity contribution is 5.94. The number of rotatable bonds is 5. The number of anilines is 1. The van der Waals surface area contributed by atoms with Crippen molar-refractivity contribution in [1.82, 2.24) is 9.88 Å². The van der Waals surface area contributed by atoms with Crippen molar-refractivity contribution in [3.8, 4) is 0 Å². The molecule has 4 nitrogen and oxygen atoms in total. The highest BCUT2D eigenvalue weighted by atomic mass is 19.4. The molecule has 112 valence electrons. The molecule has 1 aromatic heterocycles. The summed E-state index contributed by atoms with van der Waals surface area (Å²) in [6.45, 7) is 0.692. The molecule has 1 amide bonds. The molecule has 7 heteroatoms. The molecule has 0 aliphatic carbocycles. The van der Waals surface area contributed by atoms with Crippen LogP contribution in [0, 0.1) is 0 Å². The molecule has 0 atom stereocenters. The molecule has 1 heterocycles. The number of nitrogens with one attached hydrogen (secondary N) is 1. The molecular formula is C13H18F3N3O. The van der Waals surface area contributed by atoms with Crippen LogP contribution in [0.3, 0.4) is 0 Å². The van der Waals surface area contributed by atoms with Gasteiger partial charge in [0, 0.05) is 25.4 Å². The number of pyridine rings is 1. The van der Waals surface area contributed by atoms with Crippen molar-refractivity contribution in [3.05, 3.63) is 23.4 Å². The van der Waals surface area contributed by atoms with Gasteiger partial charge in [-0.05, 0) is 18.6 Å². The third kappa shape index (κ3) is 4.71. The van der Waals surface area contributed by atoms with Crippen LogP contribution < -0.4 is 5.32 Å². The van der Waals surface area contributed by atoms with Crippen LogP contribution in [0.15, 0.2) is 12.1 Å². The van der Waals surface area contributed by atoms with E-state index >= 15 is 0 Å². The van der Waals surface area contributed by atoms with Gasteiger partial charge in [0.1, 0.15) is 12.4 Å². The maximum atomic E-state index is 12.3. The summed E-state index contributed by atoms with van der Waals surface area (Å²) in [4.78, 5) is 16.9. The van der Waals surface area contributed by atoms with E-state index in [9.17, 15) is 18.0 Å². The lowest BCUT2D eigenvalue weighted by atomic mass is 10.1. The van der Waals surface area contributed by atoms with Gasteiger partial charge in [-0.3, -0.25) is 4.79 Å². The minimum absolute atomic E-state index is 0.208. The van der Waals surface area contributed by atoms with Gasteiger partial charge in [-0.15, -0.1) is 0 Å². The molecule has 0 aliphatic rings. The van der Waals surface area contributed by atoms with Gasteiger partial charge < -0.3 is 10.2 Å². The number of halogens is 3. The second kappa shape index (κ2) is 6.58. The van der Waals surface area contributed by atoms with E-state index in [1.165, 1.54) is 6.07 Å². The van der Waals surface area contributed by atoms with Crippen LogP contribution in [-0.2, 0) is 6.42 Å². The van der Waals surface area contributed by atoms with Gasteiger partial charge in [0.15, 0.2) is 0 Å². The van der Waals surface area contributed by atoms with E-state index in [1.54, 1.807) is 13.1 Å². The van der Waals surface area contributed by atoms with E-state index < -0.39 is 18.6 Å². The summed E-state index contributed by atoms with van der Waals surface area (Å²) in [6.07, 6.45) is -2.90. The van der Waals surface area contributed by atoms with Crippen molar-refractivity contribution >= 4 is 11.7 Å². The number of carbonyl (C=O) groups is 1. The molecule has 1 aromatic rings. The SMILES string of the molecule is CCCc1cc(C(=O)N(C)CC(F)(F)F)cc(NC)n1. The lowest BCUT2D eigenvalue weighted by molar-refractivity contribution is -0.138. The number of carbonyl (C=O) groups excluding carboxylic acids is 1. The summed E-state index contributed by atoms with van der Waals surface area (Å²) in [5.41, 5.74) is 0.891. The monoisotopic (exact) mass is 289 g/mol. The Bertz CT molecular complexity index is 474. The Balaban J connectivity index is 2.99. The molecule has 0 spiro atoms. The fourth-order valence-electron chi connectivity index (χ4n) is 1.78. The minimum Gasteiger partial charge on any atom is -0.373 e. The topological polar surface area (TPSA) is 45.2 Å². The van der Waals surface area contributed by atoms with Crippen molar-refractivity contribution in [2.24, 2.45) is 0 Å². The number of hydrogen-bond acceptors (Lipinski definition) is 3. The van der Waals surface area contributed by atoms with Crippen molar-refractivity contribution in [1.29, 1.82) is 0 Å². The quantitative estimate of drug-likeness (QED) is 0.906. The van der Waals surface area contributed by atoms with E-state index in [1.807, 2.05) is 6.92 Å². The summed E-state index contributed by atoms with van der Waals surface area (Å²) in [7, 11) is 2.78. The molecule has 0 radical (unpaired) electrons. The third-order valence-electron chi connectivity index (χ3n) is 2.65. The molecule has 1 N–H and O–H groups in total. The molecule has 0 unspecified atom stereocenters. The predicted molar refractivity (Wildman–Crippen MR) is 70.8 cm³/mol. The number of aryl methyl sites for hydroxylation is 1. The lowest BCUT2D eigenvalue weighted by Crippen LogP contribution is -2.35. The number of alkyl halides is 3. The Morgan fingerprint density at radius 2 is 2.05 bits per heavy atom. The summed E-state index contributed by atoms with van der Waals surface area (Å²) >= 11 is 0. The Morgan fingerprint density at radius 3 is 2.55 bits per heavy atom. The van der Waals surface area contributed by atoms with Gasteiger partial charge in [0.05, 0.1) is 0 Å². The van der Waals surface area contributed by atoms with Crippen molar-refractivity contribution < 1.29 is 18.0 Å². The Hall–Kier alpha value is -1.79. The summed E-state index contributed by atoms with van der Waals surface area (Å²) in [6, 6.07) is 2.99. The van der Waals surface area contributed by atoms with E-state index in [0.717, 1.165) is 13.5 Å². The van der Waals surface area contributed by atoms with Gasteiger partial charge >= 0.3 is 6.18 Å². The maximum Gasteiger partial charge on any atom is 0.406 e. The first kappa shape index (κ1) is 16.3. The van der Waals surface area contributed by atoms with Crippen LogP contribution in [0.5, 0.6) is 0 Å². The van der Waals surface area contributed by atoms with Crippen LogP contribution in [0.2, 0.25) is 0 Å². The molecule has 0 aromatic carbocycles. The predicted octanol–water partition coefficient (Wildman–Crippen LogP) is 2.71. The fourth-order valence-corrected chi connectivity index (χ4v) is 1.78. The zero-order chi connectivity index (χ0) is 15.3. The second-order valence-corrected chi connectivity index (χ2v) is 4.51. The molecule has 0 saturated carbocycles. The van der Waals surface area contributed by atoms with Crippen LogP contribution in [-0.4, -0.2) is 42.6 Å². The summed E-state index contributed by atoms with van der Waals surface area (Å²) < 4.78 is 36.9. The first-order valence-electron chi connectivity index (χ1n) is 6.27. The normalized spacial score (nSPS) is 11.3.